The van der Waals surface area contributed by atoms with E-state index in [9.17, 15) is 0 Å². The van der Waals surface area contributed by atoms with E-state index < -0.39 is 0 Å². The number of nitrogens with one attached hydrogen (secondary N) is 1. The molecular weight excluding hydrogens is 138 g/mol. The van der Waals surface area contributed by atoms with E-state index in [0.717, 1.165) is 32.1 Å². The van der Waals surface area contributed by atoms with Crippen LogP contribution in [-0.4, -0.2) is 26.8 Å². The summed E-state index contributed by atoms with van der Waals surface area (Å²) in [5.74, 6) is 1.01. The summed E-state index contributed by atoms with van der Waals surface area (Å²) in [6.07, 6.45) is 5.32. The molecule has 2 heteroatoms. The highest BCUT2D eigenvalue weighted by molar-refractivity contribution is 4.72. The lowest BCUT2D eigenvalue weighted by Gasteiger charge is -2.02. The second kappa shape index (κ2) is 5.56. The lowest BCUT2D eigenvalue weighted by Crippen LogP contribution is -2.10. The number of hydrogen-bond donors (Lipinski definition) is 1. The predicted octanol–water partition coefficient (Wildman–Crippen LogP) is 1.41. The fraction of sp³-hybridized carbons (Fsp3) is 1.00. The molecule has 0 aromatic heterocycles. The molecule has 0 radical (unpaired) electrons. The molecule has 0 atom stereocenters. The molecular formula is C9H19NO. The molecule has 1 aliphatic carbocycles. The molecule has 11 heavy (non-hydrogen) atoms. The molecule has 66 valence electrons. The molecule has 0 spiro atoms. The fourth-order valence-electron chi connectivity index (χ4n) is 1.11. The van der Waals surface area contributed by atoms with E-state index in [4.69, 9.17) is 4.74 Å². The second-order valence-corrected chi connectivity index (χ2v) is 3.30. The quantitative estimate of drug-likeness (QED) is 0.564. The van der Waals surface area contributed by atoms with Crippen LogP contribution < -0.4 is 5.32 Å². The Balaban J connectivity index is 1.66. The topological polar surface area (TPSA) is 21.3 Å². The summed E-state index contributed by atoms with van der Waals surface area (Å²) in [6, 6.07) is 0. The minimum atomic E-state index is 0.924. The highest BCUT2D eigenvalue weighted by atomic mass is 16.5. The molecule has 0 heterocycles. The maximum Gasteiger partial charge on any atom is 0.0478 e. The van der Waals surface area contributed by atoms with Crippen molar-refractivity contribution in [3.63, 3.8) is 0 Å². The molecule has 1 aliphatic rings. The van der Waals surface area contributed by atoms with Crippen molar-refractivity contribution in [2.75, 3.05) is 26.8 Å². The molecule has 0 amide bonds. The molecule has 1 N–H and O–H groups in total. The Hall–Kier alpha value is -0.0800. The van der Waals surface area contributed by atoms with Gasteiger partial charge in [-0.25, -0.2) is 0 Å². The summed E-state index contributed by atoms with van der Waals surface area (Å²) in [6.45, 7) is 2.98. The van der Waals surface area contributed by atoms with Gasteiger partial charge in [-0.3, -0.25) is 0 Å². The molecule has 0 unspecified atom stereocenters. The van der Waals surface area contributed by atoms with Crippen LogP contribution in [-0.2, 0) is 4.74 Å². The molecule has 0 aromatic carbocycles. The third-order valence-corrected chi connectivity index (χ3v) is 2.08. The number of ether oxygens (including phenoxy) is 1. The summed E-state index contributed by atoms with van der Waals surface area (Å²) in [5, 5.41) is 3.10. The minimum absolute atomic E-state index is 0.924. The first-order chi connectivity index (χ1) is 5.43. The van der Waals surface area contributed by atoms with E-state index in [-0.39, 0.29) is 0 Å². The smallest absolute Gasteiger partial charge is 0.0478 e. The van der Waals surface area contributed by atoms with E-state index in [2.05, 4.69) is 5.32 Å². The standard InChI is InChI=1S/C9H19NO/c1-10-6-2-7-11-8-5-9-3-4-9/h9-10H,2-8H2,1H3. The molecule has 0 saturated heterocycles. The van der Waals surface area contributed by atoms with Crippen molar-refractivity contribution in [3.8, 4) is 0 Å². The van der Waals surface area contributed by atoms with E-state index in [1.807, 2.05) is 7.05 Å². The van der Waals surface area contributed by atoms with Crippen molar-refractivity contribution < 1.29 is 4.74 Å². The van der Waals surface area contributed by atoms with Crippen molar-refractivity contribution in [3.05, 3.63) is 0 Å². The van der Waals surface area contributed by atoms with Crippen LogP contribution >= 0.6 is 0 Å². The van der Waals surface area contributed by atoms with Crippen LogP contribution in [0, 0.1) is 5.92 Å². The first-order valence-electron chi connectivity index (χ1n) is 4.66. The highest BCUT2D eigenvalue weighted by Crippen LogP contribution is 2.31. The Kier molecular flexibility index (Phi) is 4.55. The number of rotatable bonds is 7. The molecule has 1 fully saturated rings. The second-order valence-electron chi connectivity index (χ2n) is 3.30. The van der Waals surface area contributed by atoms with Crippen molar-refractivity contribution in [1.29, 1.82) is 0 Å². The average Bonchev–Trinajstić information content (AvgIpc) is 2.80. The summed E-state index contributed by atoms with van der Waals surface area (Å²) in [4.78, 5) is 0. The maximum atomic E-state index is 5.45. The Bertz CT molecular complexity index is 91.6. The first kappa shape index (κ1) is 9.01. The predicted molar refractivity (Wildman–Crippen MR) is 46.7 cm³/mol. The highest BCUT2D eigenvalue weighted by Gasteiger charge is 2.20. The molecule has 0 bridgehead atoms. The van der Waals surface area contributed by atoms with Crippen molar-refractivity contribution in [1.82, 2.24) is 5.32 Å². The van der Waals surface area contributed by atoms with E-state index in [0.29, 0.717) is 0 Å². The van der Waals surface area contributed by atoms with E-state index >= 15 is 0 Å². The largest absolute Gasteiger partial charge is 0.381 e. The van der Waals surface area contributed by atoms with Crippen LogP contribution in [0.2, 0.25) is 0 Å². The van der Waals surface area contributed by atoms with Crippen LogP contribution in [0.4, 0.5) is 0 Å². The normalized spacial score (nSPS) is 17.2. The van der Waals surface area contributed by atoms with Crippen LogP contribution in [0.25, 0.3) is 0 Å². The maximum absolute atomic E-state index is 5.45. The molecule has 2 nitrogen and oxygen atoms in total. The van der Waals surface area contributed by atoms with Gasteiger partial charge in [0.05, 0.1) is 0 Å². The van der Waals surface area contributed by atoms with Gasteiger partial charge in [-0.2, -0.15) is 0 Å². The molecule has 1 rings (SSSR count). The van der Waals surface area contributed by atoms with Crippen LogP contribution in [0.3, 0.4) is 0 Å². The van der Waals surface area contributed by atoms with Crippen molar-refractivity contribution in [2.24, 2.45) is 5.92 Å². The van der Waals surface area contributed by atoms with Gasteiger partial charge in [-0.1, -0.05) is 12.8 Å². The Morgan fingerprint density at radius 3 is 2.82 bits per heavy atom. The van der Waals surface area contributed by atoms with Crippen molar-refractivity contribution in [2.45, 2.75) is 25.7 Å². The first-order valence-corrected chi connectivity index (χ1v) is 4.66. The number of hydrogen-bond acceptors (Lipinski definition) is 2. The molecule has 0 aromatic rings. The van der Waals surface area contributed by atoms with Gasteiger partial charge in [-0.05, 0) is 32.4 Å². The summed E-state index contributed by atoms with van der Waals surface area (Å²) in [5.41, 5.74) is 0. The van der Waals surface area contributed by atoms with Crippen LogP contribution in [0.5, 0.6) is 0 Å². The SMILES string of the molecule is CNCCCOCCC1CC1. The zero-order valence-corrected chi connectivity index (χ0v) is 7.44. The molecule has 1 saturated carbocycles. The van der Waals surface area contributed by atoms with E-state index in [1.54, 1.807) is 0 Å². The van der Waals surface area contributed by atoms with Gasteiger partial charge in [0.15, 0.2) is 0 Å². The molecule has 0 aliphatic heterocycles. The zero-order chi connectivity index (χ0) is 7.94. The zero-order valence-electron chi connectivity index (χ0n) is 7.44. The third-order valence-electron chi connectivity index (χ3n) is 2.08. The summed E-state index contributed by atoms with van der Waals surface area (Å²) >= 11 is 0. The van der Waals surface area contributed by atoms with Crippen LogP contribution in [0.15, 0.2) is 0 Å². The Labute approximate surface area is 69.3 Å². The Morgan fingerprint density at radius 1 is 1.36 bits per heavy atom. The van der Waals surface area contributed by atoms with Gasteiger partial charge in [0, 0.05) is 13.2 Å². The van der Waals surface area contributed by atoms with Gasteiger partial charge >= 0.3 is 0 Å². The Morgan fingerprint density at radius 2 is 2.18 bits per heavy atom. The minimum Gasteiger partial charge on any atom is -0.381 e. The van der Waals surface area contributed by atoms with Crippen LogP contribution in [0.1, 0.15) is 25.7 Å². The van der Waals surface area contributed by atoms with Gasteiger partial charge < -0.3 is 10.1 Å². The lowest BCUT2D eigenvalue weighted by atomic mass is 10.3. The summed E-state index contributed by atoms with van der Waals surface area (Å²) in [7, 11) is 1.98. The summed E-state index contributed by atoms with van der Waals surface area (Å²) < 4.78 is 5.45. The van der Waals surface area contributed by atoms with E-state index in [1.165, 1.54) is 19.3 Å². The monoisotopic (exact) mass is 157 g/mol. The lowest BCUT2D eigenvalue weighted by molar-refractivity contribution is 0.126. The average molecular weight is 157 g/mol. The van der Waals surface area contributed by atoms with Gasteiger partial charge in [0.1, 0.15) is 0 Å². The fourth-order valence-corrected chi connectivity index (χ4v) is 1.11. The van der Waals surface area contributed by atoms with Gasteiger partial charge in [0.25, 0.3) is 0 Å². The van der Waals surface area contributed by atoms with Gasteiger partial charge in [-0.15, -0.1) is 0 Å². The van der Waals surface area contributed by atoms with Crippen molar-refractivity contribution >= 4 is 0 Å². The third kappa shape index (κ3) is 5.22. The van der Waals surface area contributed by atoms with Gasteiger partial charge in [0.2, 0.25) is 0 Å².